The molecule has 0 spiro atoms. The summed E-state index contributed by atoms with van der Waals surface area (Å²) in [5, 5.41) is 0. The monoisotopic (exact) mass is 209 g/mol. The van der Waals surface area contributed by atoms with Crippen molar-refractivity contribution in [1.29, 1.82) is 0 Å². The van der Waals surface area contributed by atoms with Gasteiger partial charge in [-0.3, -0.25) is 0 Å². The van der Waals surface area contributed by atoms with E-state index < -0.39 is 0 Å². The van der Waals surface area contributed by atoms with Crippen molar-refractivity contribution in [2.45, 2.75) is 46.1 Å². The van der Waals surface area contributed by atoms with E-state index in [2.05, 4.69) is 45.9 Å². The summed E-state index contributed by atoms with van der Waals surface area (Å²) in [4.78, 5) is 2.46. The van der Waals surface area contributed by atoms with E-state index in [9.17, 15) is 0 Å². The van der Waals surface area contributed by atoms with Crippen LogP contribution in [-0.2, 0) is 0 Å². The molecule has 0 aromatic rings. The minimum atomic E-state index is 0.612. The first kappa shape index (κ1) is 14.4. The van der Waals surface area contributed by atoms with Crippen LogP contribution in [0.15, 0.2) is 24.8 Å². The highest BCUT2D eigenvalue weighted by atomic mass is 15.1. The van der Waals surface area contributed by atoms with Crippen LogP contribution in [0.25, 0.3) is 0 Å². The Balaban J connectivity index is 4.42. The lowest BCUT2D eigenvalue weighted by Gasteiger charge is -2.32. The number of nitrogens with zero attached hydrogens (tertiary/aromatic N) is 1. The van der Waals surface area contributed by atoms with Gasteiger partial charge in [0.05, 0.1) is 0 Å². The lowest BCUT2D eigenvalue weighted by atomic mass is 9.92. The van der Waals surface area contributed by atoms with Gasteiger partial charge in [0.25, 0.3) is 0 Å². The van der Waals surface area contributed by atoms with E-state index in [0.29, 0.717) is 6.04 Å². The lowest BCUT2D eigenvalue weighted by Crippen LogP contribution is -2.37. The van der Waals surface area contributed by atoms with Gasteiger partial charge in [-0.25, -0.2) is 0 Å². The summed E-state index contributed by atoms with van der Waals surface area (Å²) < 4.78 is 0. The quantitative estimate of drug-likeness (QED) is 0.548. The maximum Gasteiger partial charge on any atom is 0.0158 e. The van der Waals surface area contributed by atoms with Crippen molar-refractivity contribution in [3.8, 4) is 0 Å². The van der Waals surface area contributed by atoms with Crippen molar-refractivity contribution in [2.75, 3.05) is 13.6 Å². The summed E-state index contributed by atoms with van der Waals surface area (Å²) in [6, 6.07) is 0.612. The zero-order chi connectivity index (χ0) is 11.8. The molecule has 0 radical (unpaired) electrons. The minimum absolute atomic E-state index is 0.612. The van der Waals surface area contributed by atoms with Gasteiger partial charge in [-0.2, -0.15) is 0 Å². The molecule has 0 aromatic carbocycles. The van der Waals surface area contributed by atoms with Crippen molar-refractivity contribution >= 4 is 0 Å². The molecule has 88 valence electrons. The molecule has 0 rings (SSSR count). The van der Waals surface area contributed by atoms with Crippen LogP contribution in [-0.4, -0.2) is 24.5 Å². The van der Waals surface area contributed by atoms with Crippen molar-refractivity contribution in [3.63, 3.8) is 0 Å². The molecule has 0 aliphatic rings. The van der Waals surface area contributed by atoms with Gasteiger partial charge in [0.1, 0.15) is 0 Å². The Kier molecular flexibility index (Phi) is 7.41. The van der Waals surface area contributed by atoms with Gasteiger partial charge < -0.3 is 4.90 Å². The number of rotatable bonds is 8. The highest BCUT2D eigenvalue weighted by Gasteiger charge is 2.20. The Morgan fingerprint density at radius 2 is 2.00 bits per heavy atom. The standard InChI is InChI=1S/C14H27N/c1-7-10-15(6)14(13(5)9-3)11-12(4)8-2/h8,13-14H,2,4,7,9-11H2,1,3,5-6H3. The third kappa shape index (κ3) is 5.17. The van der Waals surface area contributed by atoms with Crippen LogP contribution in [0.1, 0.15) is 40.0 Å². The molecule has 0 heterocycles. The number of allylic oxidation sites excluding steroid dienone is 1. The first-order chi connectivity index (χ1) is 7.06. The fraction of sp³-hybridized carbons (Fsp3) is 0.714. The molecule has 15 heavy (non-hydrogen) atoms. The largest absolute Gasteiger partial charge is 0.303 e. The summed E-state index contributed by atoms with van der Waals surface area (Å²) in [5.74, 6) is 0.721. The highest BCUT2D eigenvalue weighted by molar-refractivity contribution is 5.12. The summed E-state index contributed by atoms with van der Waals surface area (Å²) in [6.45, 7) is 15.8. The molecule has 0 aliphatic carbocycles. The zero-order valence-electron chi connectivity index (χ0n) is 10.9. The molecule has 2 unspecified atom stereocenters. The maximum atomic E-state index is 4.03. The Morgan fingerprint density at radius 1 is 1.40 bits per heavy atom. The average Bonchev–Trinajstić information content (AvgIpc) is 2.24. The SMILES string of the molecule is C=CC(=C)CC(C(C)CC)N(C)CCC. The molecule has 0 amide bonds. The Labute approximate surface area is 95.9 Å². The Bertz CT molecular complexity index is 196. The zero-order valence-corrected chi connectivity index (χ0v) is 10.9. The van der Waals surface area contributed by atoms with E-state index in [0.717, 1.165) is 17.9 Å². The molecule has 0 saturated heterocycles. The predicted molar refractivity (Wildman–Crippen MR) is 70.1 cm³/mol. The first-order valence-corrected chi connectivity index (χ1v) is 6.07. The fourth-order valence-electron chi connectivity index (χ4n) is 1.93. The molecule has 0 bridgehead atoms. The molecule has 0 fully saturated rings. The summed E-state index contributed by atoms with van der Waals surface area (Å²) in [5.41, 5.74) is 1.16. The van der Waals surface area contributed by atoms with Gasteiger partial charge >= 0.3 is 0 Å². The van der Waals surface area contributed by atoms with E-state index in [-0.39, 0.29) is 0 Å². The molecule has 2 atom stereocenters. The first-order valence-electron chi connectivity index (χ1n) is 6.07. The second-order valence-electron chi connectivity index (χ2n) is 4.50. The van der Waals surface area contributed by atoms with Gasteiger partial charge in [-0.1, -0.05) is 52.0 Å². The van der Waals surface area contributed by atoms with Crippen molar-refractivity contribution in [1.82, 2.24) is 4.90 Å². The predicted octanol–water partition coefficient (Wildman–Crippen LogP) is 3.88. The lowest BCUT2D eigenvalue weighted by molar-refractivity contribution is 0.179. The third-order valence-corrected chi connectivity index (χ3v) is 3.20. The van der Waals surface area contributed by atoms with Crippen LogP contribution in [0, 0.1) is 5.92 Å². The van der Waals surface area contributed by atoms with E-state index in [4.69, 9.17) is 0 Å². The second kappa shape index (κ2) is 7.70. The van der Waals surface area contributed by atoms with Gasteiger partial charge in [0.15, 0.2) is 0 Å². The highest BCUT2D eigenvalue weighted by Crippen LogP contribution is 2.20. The smallest absolute Gasteiger partial charge is 0.0158 e. The van der Waals surface area contributed by atoms with Gasteiger partial charge in [0.2, 0.25) is 0 Å². The molecular weight excluding hydrogens is 182 g/mol. The normalized spacial score (nSPS) is 15.0. The van der Waals surface area contributed by atoms with Gasteiger partial charge in [-0.05, 0) is 32.4 Å². The molecule has 1 heteroatoms. The van der Waals surface area contributed by atoms with E-state index in [1.165, 1.54) is 19.4 Å². The maximum absolute atomic E-state index is 4.03. The number of hydrogen-bond acceptors (Lipinski definition) is 1. The van der Waals surface area contributed by atoms with E-state index in [1.807, 2.05) is 6.08 Å². The molecular formula is C14H27N. The molecule has 1 nitrogen and oxygen atoms in total. The molecule has 0 saturated carbocycles. The molecule has 0 aliphatic heterocycles. The van der Waals surface area contributed by atoms with Gasteiger partial charge in [0, 0.05) is 6.04 Å². The number of hydrogen-bond donors (Lipinski definition) is 0. The Hall–Kier alpha value is -0.560. The molecule has 0 aromatic heterocycles. The van der Waals surface area contributed by atoms with Crippen LogP contribution in [0.5, 0.6) is 0 Å². The Morgan fingerprint density at radius 3 is 2.40 bits per heavy atom. The van der Waals surface area contributed by atoms with Crippen molar-refractivity contribution in [2.24, 2.45) is 5.92 Å². The molecule has 0 N–H and O–H groups in total. The van der Waals surface area contributed by atoms with Crippen LogP contribution < -0.4 is 0 Å². The van der Waals surface area contributed by atoms with E-state index in [1.54, 1.807) is 0 Å². The van der Waals surface area contributed by atoms with Crippen LogP contribution in [0.4, 0.5) is 0 Å². The van der Waals surface area contributed by atoms with Crippen LogP contribution >= 0.6 is 0 Å². The third-order valence-electron chi connectivity index (χ3n) is 3.20. The average molecular weight is 209 g/mol. The summed E-state index contributed by atoms with van der Waals surface area (Å²) >= 11 is 0. The van der Waals surface area contributed by atoms with Crippen molar-refractivity contribution in [3.05, 3.63) is 24.8 Å². The second-order valence-corrected chi connectivity index (χ2v) is 4.50. The summed E-state index contributed by atoms with van der Waals surface area (Å²) in [7, 11) is 2.22. The van der Waals surface area contributed by atoms with Crippen molar-refractivity contribution < 1.29 is 0 Å². The summed E-state index contributed by atoms with van der Waals surface area (Å²) in [6.07, 6.45) is 5.37. The minimum Gasteiger partial charge on any atom is -0.303 e. The fourth-order valence-corrected chi connectivity index (χ4v) is 1.93. The van der Waals surface area contributed by atoms with Crippen LogP contribution in [0.2, 0.25) is 0 Å². The van der Waals surface area contributed by atoms with Gasteiger partial charge in [-0.15, -0.1) is 0 Å². The topological polar surface area (TPSA) is 3.24 Å². The van der Waals surface area contributed by atoms with E-state index >= 15 is 0 Å². The van der Waals surface area contributed by atoms with Crippen LogP contribution in [0.3, 0.4) is 0 Å².